The van der Waals surface area contributed by atoms with Gasteiger partial charge in [-0.05, 0) is 63.9 Å². The molecule has 0 bridgehead atoms. The number of carbonyl (C=O) groups excluding carboxylic acids is 1. The van der Waals surface area contributed by atoms with Crippen molar-refractivity contribution in [3.63, 3.8) is 0 Å². The second kappa shape index (κ2) is 10.0. The van der Waals surface area contributed by atoms with Crippen molar-refractivity contribution >= 4 is 11.8 Å². The quantitative estimate of drug-likeness (QED) is 0.523. The lowest BCUT2D eigenvalue weighted by Gasteiger charge is -2.35. The first-order valence-corrected chi connectivity index (χ1v) is 12.1. The first kappa shape index (κ1) is 25.0. The average molecular weight is 517 g/mol. The number of alkyl halides is 3. The molecule has 4 heterocycles. The number of amides is 1. The predicted molar refractivity (Wildman–Crippen MR) is 129 cm³/mol. The summed E-state index contributed by atoms with van der Waals surface area (Å²) < 4.78 is 52.8. The van der Waals surface area contributed by atoms with E-state index in [2.05, 4.69) is 20.4 Å². The molecule has 1 fully saturated rings. The van der Waals surface area contributed by atoms with Crippen LogP contribution in [0.1, 0.15) is 43.5 Å². The molecule has 1 N–H and O–H groups in total. The van der Waals surface area contributed by atoms with Crippen LogP contribution in [0, 0.1) is 0 Å². The third-order valence-corrected chi connectivity index (χ3v) is 6.83. The lowest BCUT2D eigenvalue weighted by molar-refractivity contribution is -0.141. The van der Waals surface area contributed by atoms with Crippen LogP contribution >= 0.6 is 0 Å². The predicted octanol–water partition coefficient (Wildman–Crippen LogP) is 4.98. The molecule has 2 aliphatic rings. The van der Waals surface area contributed by atoms with Crippen LogP contribution < -0.4 is 15.0 Å². The van der Waals surface area contributed by atoms with Crippen LogP contribution in [0.2, 0.25) is 0 Å². The Labute approximate surface area is 211 Å². The van der Waals surface area contributed by atoms with E-state index >= 15 is 0 Å². The molecule has 1 amide bonds. The minimum atomic E-state index is -4.65. The molecule has 0 saturated carbocycles. The monoisotopic (exact) mass is 516 g/mol. The van der Waals surface area contributed by atoms with Gasteiger partial charge < -0.3 is 14.8 Å². The maximum Gasteiger partial charge on any atom is 0.433 e. The van der Waals surface area contributed by atoms with Gasteiger partial charge in [0, 0.05) is 35.1 Å². The molecule has 1 aromatic carbocycles. The summed E-state index contributed by atoms with van der Waals surface area (Å²) in [5.74, 6) is 0.294. The SMILES string of the molecule is COC(=O)N1c2ccc(-c3cnn(C4CCNCC4)c3)c(Oc3nccc(C(F)(F)F)n3)c2CCC1C. The average Bonchev–Trinajstić information content (AvgIpc) is 3.39. The van der Waals surface area contributed by atoms with Gasteiger partial charge in [0.25, 0.3) is 0 Å². The fourth-order valence-electron chi connectivity index (χ4n) is 4.91. The lowest BCUT2D eigenvalue weighted by Crippen LogP contribution is -2.42. The standard InChI is InChI=1S/C25H27F3N6O3/c1-15-3-4-19-20(34(15)24(35)36-2)6-5-18(16-13-31-33(14-16)17-7-10-29-11-8-17)22(19)37-23-30-12-9-21(32-23)25(26,27)28/h5-6,9,12-15,17,29H,3-4,7-8,10-11H2,1-2H3. The van der Waals surface area contributed by atoms with Gasteiger partial charge in [-0.15, -0.1) is 0 Å². The summed E-state index contributed by atoms with van der Waals surface area (Å²) in [6.07, 6.45) is 2.51. The zero-order valence-corrected chi connectivity index (χ0v) is 20.5. The Balaban J connectivity index is 1.61. The van der Waals surface area contributed by atoms with Gasteiger partial charge in [0.2, 0.25) is 0 Å². The number of ether oxygens (including phenoxy) is 2. The van der Waals surface area contributed by atoms with Crippen LogP contribution in [0.25, 0.3) is 11.1 Å². The van der Waals surface area contributed by atoms with Crippen LogP contribution in [-0.4, -0.2) is 52.1 Å². The molecular weight excluding hydrogens is 489 g/mol. The topological polar surface area (TPSA) is 94.4 Å². The number of nitrogens with one attached hydrogen (secondary N) is 1. The summed E-state index contributed by atoms with van der Waals surface area (Å²) in [5.41, 5.74) is 1.50. The zero-order valence-electron chi connectivity index (χ0n) is 20.5. The van der Waals surface area contributed by atoms with Gasteiger partial charge in [0.05, 0.1) is 25.0 Å². The molecule has 1 atom stereocenters. The van der Waals surface area contributed by atoms with E-state index in [0.29, 0.717) is 35.4 Å². The highest BCUT2D eigenvalue weighted by Crippen LogP contribution is 2.44. The number of halogens is 3. The van der Waals surface area contributed by atoms with Gasteiger partial charge >= 0.3 is 18.3 Å². The normalized spacial score (nSPS) is 18.4. The highest BCUT2D eigenvalue weighted by molar-refractivity contribution is 5.92. The van der Waals surface area contributed by atoms with Gasteiger partial charge in [-0.25, -0.2) is 9.78 Å². The summed E-state index contributed by atoms with van der Waals surface area (Å²) in [6.45, 7) is 3.72. The first-order chi connectivity index (χ1) is 17.8. The summed E-state index contributed by atoms with van der Waals surface area (Å²) in [5, 5.41) is 7.89. The second-order valence-corrected chi connectivity index (χ2v) is 9.18. The Morgan fingerprint density at radius 3 is 2.68 bits per heavy atom. The Morgan fingerprint density at radius 2 is 1.95 bits per heavy atom. The van der Waals surface area contributed by atoms with E-state index < -0.39 is 24.0 Å². The minimum Gasteiger partial charge on any atom is -0.452 e. The number of carbonyl (C=O) groups is 1. The smallest absolute Gasteiger partial charge is 0.433 e. The van der Waals surface area contributed by atoms with E-state index in [-0.39, 0.29) is 12.1 Å². The number of hydrogen-bond acceptors (Lipinski definition) is 7. The molecule has 37 heavy (non-hydrogen) atoms. The molecule has 5 rings (SSSR count). The number of nitrogens with zero attached hydrogens (tertiary/aromatic N) is 5. The van der Waals surface area contributed by atoms with Gasteiger partial charge in [-0.1, -0.05) is 0 Å². The van der Waals surface area contributed by atoms with Crippen LogP contribution in [0.3, 0.4) is 0 Å². The molecule has 2 aliphatic heterocycles. The second-order valence-electron chi connectivity index (χ2n) is 9.18. The molecule has 196 valence electrons. The van der Waals surface area contributed by atoms with Gasteiger partial charge in [-0.2, -0.15) is 23.3 Å². The fourth-order valence-corrected chi connectivity index (χ4v) is 4.91. The maximum atomic E-state index is 13.3. The molecule has 0 radical (unpaired) electrons. The number of rotatable bonds is 4. The van der Waals surface area contributed by atoms with Crippen molar-refractivity contribution in [1.29, 1.82) is 0 Å². The van der Waals surface area contributed by atoms with E-state index in [1.807, 2.05) is 17.8 Å². The van der Waals surface area contributed by atoms with E-state index in [4.69, 9.17) is 9.47 Å². The number of aromatic nitrogens is 4. The van der Waals surface area contributed by atoms with E-state index in [1.54, 1.807) is 18.3 Å². The number of anilines is 1. The number of methoxy groups -OCH3 is 1. The van der Waals surface area contributed by atoms with E-state index in [0.717, 1.165) is 43.8 Å². The summed E-state index contributed by atoms with van der Waals surface area (Å²) >= 11 is 0. The number of piperidine rings is 1. The number of fused-ring (bicyclic) bond motifs is 1. The molecule has 9 nitrogen and oxygen atoms in total. The van der Waals surface area contributed by atoms with Gasteiger partial charge in [-0.3, -0.25) is 9.58 Å². The molecular formula is C25H27F3N6O3. The Morgan fingerprint density at radius 1 is 1.16 bits per heavy atom. The van der Waals surface area contributed by atoms with Crippen LogP contribution in [-0.2, 0) is 17.3 Å². The minimum absolute atomic E-state index is 0.133. The summed E-state index contributed by atoms with van der Waals surface area (Å²) in [7, 11) is 1.31. The number of hydrogen-bond donors (Lipinski definition) is 1. The van der Waals surface area contributed by atoms with Crippen molar-refractivity contribution in [3.05, 3.63) is 48.0 Å². The Hall–Kier alpha value is -3.67. The highest BCUT2D eigenvalue weighted by Gasteiger charge is 2.35. The van der Waals surface area contributed by atoms with Crippen molar-refractivity contribution in [2.45, 2.75) is 50.9 Å². The highest BCUT2D eigenvalue weighted by atomic mass is 19.4. The zero-order chi connectivity index (χ0) is 26.2. The molecule has 0 spiro atoms. The van der Waals surface area contributed by atoms with Gasteiger partial charge in [0.1, 0.15) is 5.75 Å². The number of benzene rings is 1. The van der Waals surface area contributed by atoms with Crippen LogP contribution in [0.5, 0.6) is 11.8 Å². The largest absolute Gasteiger partial charge is 0.452 e. The first-order valence-electron chi connectivity index (χ1n) is 12.1. The van der Waals surface area contributed by atoms with Crippen LogP contribution in [0.15, 0.2) is 36.8 Å². The van der Waals surface area contributed by atoms with Gasteiger partial charge in [0.15, 0.2) is 5.69 Å². The van der Waals surface area contributed by atoms with Crippen LogP contribution in [0.4, 0.5) is 23.7 Å². The van der Waals surface area contributed by atoms with Crippen molar-refractivity contribution < 1.29 is 27.4 Å². The van der Waals surface area contributed by atoms with Crippen molar-refractivity contribution in [2.75, 3.05) is 25.1 Å². The Kier molecular flexibility index (Phi) is 6.76. The molecule has 0 aliphatic carbocycles. The molecule has 1 unspecified atom stereocenters. The Bertz CT molecular complexity index is 1290. The van der Waals surface area contributed by atoms with E-state index in [9.17, 15) is 18.0 Å². The van der Waals surface area contributed by atoms with Crippen molar-refractivity contribution in [2.24, 2.45) is 0 Å². The van der Waals surface area contributed by atoms with E-state index in [1.165, 1.54) is 12.0 Å². The van der Waals surface area contributed by atoms with Crippen molar-refractivity contribution in [1.82, 2.24) is 25.1 Å². The molecule has 1 saturated heterocycles. The molecule has 12 heteroatoms. The molecule has 3 aromatic rings. The third-order valence-electron chi connectivity index (χ3n) is 6.83. The maximum absolute atomic E-state index is 13.3. The third kappa shape index (κ3) is 4.97. The fraction of sp³-hybridized carbons (Fsp3) is 0.440. The summed E-state index contributed by atoms with van der Waals surface area (Å²) in [6, 6.07) is 4.06. The molecule has 2 aromatic heterocycles. The lowest BCUT2D eigenvalue weighted by atomic mass is 9.92. The van der Waals surface area contributed by atoms with Crippen molar-refractivity contribution in [3.8, 4) is 22.9 Å². The summed E-state index contributed by atoms with van der Waals surface area (Å²) in [4.78, 5) is 21.6.